The average molecular weight is 526 g/mol. The third kappa shape index (κ3) is 7.44. The maximum Gasteiger partial charge on any atom is 0.327 e. The van der Waals surface area contributed by atoms with Crippen molar-refractivity contribution in [1.82, 2.24) is 25.2 Å². The zero-order valence-electron chi connectivity index (χ0n) is 19.9. The first-order valence-corrected chi connectivity index (χ1v) is 13.2. The van der Waals surface area contributed by atoms with Crippen LogP contribution in [-0.4, -0.2) is 60.9 Å². The summed E-state index contributed by atoms with van der Waals surface area (Å²) in [5, 5.41) is 5.99. The van der Waals surface area contributed by atoms with Gasteiger partial charge in [-0.2, -0.15) is 0 Å². The minimum absolute atomic E-state index is 0.0188. The molecule has 0 saturated carbocycles. The summed E-state index contributed by atoms with van der Waals surface area (Å²) in [6, 6.07) is 12.0. The summed E-state index contributed by atoms with van der Waals surface area (Å²) in [7, 11) is -4.03. The second-order valence-corrected chi connectivity index (χ2v) is 9.95. The summed E-state index contributed by atoms with van der Waals surface area (Å²) in [5.74, 6) is -0.580. The van der Waals surface area contributed by atoms with Crippen molar-refractivity contribution in [3.05, 3.63) is 72.8 Å². The van der Waals surface area contributed by atoms with E-state index in [2.05, 4.69) is 35.3 Å². The van der Waals surface area contributed by atoms with E-state index < -0.39 is 16.0 Å². The summed E-state index contributed by atoms with van der Waals surface area (Å²) < 4.78 is 24.1. The van der Waals surface area contributed by atoms with Crippen LogP contribution in [-0.2, 0) is 19.7 Å². The van der Waals surface area contributed by atoms with Gasteiger partial charge in [0.15, 0.2) is 0 Å². The molecule has 0 spiro atoms. The molecule has 0 unspecified atom stereocenters. The molecular weight excluding hydrogens is 498 g/mol. The molecule has 0 radical (unpaired) electrons. The molecule has 1 aromatic carbocycles. The Morgan fingerprint density at radius 2 is 1.84 bits per heavy atom. The predicted octanol–water partition coefficient (Wildman–Crippen LogP) is 1.51. The van der Waals surface area contributed by atoms with Crippen LogP contribution in [0.5, 0.6) is 0 Å². The van der Waals surface area contributed by atoms with Crippen LogP contribution in [0.25, 0.3) is 0 Å². The van der Waals surface area contributed by atoms with E-state index in [-0.39, 0.29) is 29.8 Å². The number of carbonyl (C=O) groups is 2. The highest BCUT2D eigenvalue weighted by molar-refractivity contribution is 7.89. The lowest BCUT2D eigenvalue weighted by atomic mass is 10.0. The third-order valence-electron chi connectivity index (χ3n) is 5.64. The van der Waals surface area contributed by atoms with Crippen molar-refractivity contribution < 1.29 is 22.8 Å². The summed E-state index contributed by atoms with van der Waals surface area (Å²) in [4.78, 5) is 44.9. The lowest BCUT2D eigenvalue weighted by Crippen LogP contribution is -2.42. The molecule has 37 heavy (non-hydrogen) atoms. The fourth-order valence-electron chi connectivity index (χ4n) is 3.80. The standard InChI is InChI=1S/C24H27N7O5S/c32-22(36-30-37(34,35)21-5-1-11-25-16-21)10-14-26-23(33)18-6-8-20(9-7-18)31-15-2-4-19(17-31)29-24-27-12-3-13-28-24/h1,3,5-9,11-13,16,19,30H,2,4,10,14-15,17H2,(H,26,33)(H,27,28,29)/t19-/m0/s1. The Kier molecular flexibility index (Phi) is 8.59. The Hall–Kier alpha value is -4.10. The number of sulfonamides is 1. The summed E-state index contributed by atoms with van der Waals surface area (Å²) in [5.41, 5.74) is 1.44. The number of nitrogens with one attached hydrogen (secondary N) is 3. The number of anilines is 2. The first-order valence-electron chi connectivity index (χ1n) is 11.7. The largest absolute Gasteiger partial charge is 0.369 e. The van der Waals surface area contributed by atoms with Crippen LogP contribution in [0.2, 0.25) is 0 Å². The van der Waals surface area contributed by atoms with Crippen LogP contribution in [0.1, 0.15) is 29.6 Å². The Morgan fingerprint density at radius 3 is 2.57 bits per heavy atom. The van der Waals surface area contributed by atoms with Crippen molar-refractivity contribution in [2.75, 3.05) is 29.9 Å². The fraction of sp³-hybridized carbons (Fsp3) is 0.292. The molecule has 4 rings (SSSR count). The molecule has 0 aliphatic carbocycles. The fourth-order valence-corrected chi connectivity index (χ4v) is 4.55. The second-order valence-electron chi connectivity index (χ2n) is 8.30. The maximum atomic E-state index is 12.5. The Labute approximate surface area is 214 Å². The van der Waals surface area contributed by atoms with E-state index in [9.17, 15) is 18.0 Å². The normalized spacial score (nSPS) is 15.6. The van der Waals surface area contributed by atoms with Crippen LogP contribution < -0.4 is 20.4 Å². The van der Waals surface area contributed by atoms with Gasteiger partial charge in [0.05, 0.1) is 6.42 Å². The van der Waals surface area contributed by atoms with Gasteiger partial charge in [-0.25, -0.2) is 18.4 Å². The predicted molar refractivity (Wildman–Crippen MR) is 135 cm³/mol. The quantitative estimate of drug-likeness (QED) is 0.332. The first kappa shape index (κ1) is 26.0. The summed E-state index contributed by atoms with van der Waals surface area (Å²) >= 11 is 0. The molecule has 1 amide bonds. The van der Waals surface area contributed by atoms with Crippen LogP contribution in [0, 0.1) is 0 Å². The Bertz CT molecular complexity index is 1290. The number of amides is 1. The monoisotopic (exact) mass is 525 g/mol. The minimum atomic E-state index is -4.03. The number of piperidine rings is 1. The SMILES string of the molecule is O=C(CCNC(=O)c1ccc(N2CCC[C@H](Nc3ncccn3)C2)cc1)ONS(=O)(=O)c1cccnc1. The highest BCUT2D eigenvalue weighted by atomic mass is 32.2. The third-order valence-corrected chi connectivity index (χ3v) is 6.80. The van der Waals surface area contributed by atoms with Gasteiger partial charge in [0.25, 0.3) is 15.9 Å². The molecule has 1 aliphatic heterocycles. The Balaban J connectivity index is 1.21. The first-order chi connectivity index (χ1) is 17.9. The number of nitrogens with zero attached hydrogens (tertiary/aromatic N) is 4. The number of carbonyl (C=O) groups excluding carboxylic acids is 2. The van der Waals surface area contributed by atoms with Crippen molar-refractivity contribution in [3.8, 4) is 0 Å². The van der Waals surface area contributed by atoms with E-state index in [1.54, 1.807) is 35.5 Å². The second kappa shape index (κ2) is 12.2. The number of pyridine rings is 1. The van der Waals surface area contributed by atoms with Gasteiger partial charge in [0, 0.05) is 61.7 Å². The zero-order valence-corrected chi connectivity index (χ0v) is 20.7. The molecule has 13 heteroatoms. The van der Waals surface area contributed by atoms with Crippen molar-refractivity contribution in [3.63, 3.8) is 0 Å². The molecule has 0 bridgehead atoms. The molecular formula is C24H27N7O5S. The molecule has 2 aromatic heterocycles. The van der Waals surface area contributed by atoms with Gasteiger partial charge in [-0.3, -0.25) is 14.6 Å². The highest BCUT2D eigenvalue weighted by Crippen LogP contribution is 2.22. The lowest BCUT2D eigenvalue weighted by molar-refractivity contribution is -0.146. The average Bonchev–Trinajstić information content (AvgIpc) is 2.93. The van der Waals surface area contributed by atoms with Crippen molar-refractivity contribution >= 4 is 33.5 Å². The van der Waals surface area contributed by atoms with Gasteiger partial charge in [-0.1, -0.05) is 0 Å². The molecule has 1 saturated heterocycles. The number of aromatic nitrogens is 3. The van der Waals surface area contributed by atoms with E-state index in [4.69, 9.17) is 0 Å². The highest BCUT2D eigenvalue weighted by Gasteiger charge is 2.21. The van der Waals surface area contributed by atoms with E-state index >= 15 is 0 Å². The molecule has 1 atom stereocenters. The molecule has 3 heterocycles. The molecule has 194 valence electrons. The topological polar surface area (TPSA) is 156 Å². The van der Waals surface area contributed by atoms with Crippen LogP contribution in [0.3, 0.4) is 0 Å². The molecule has 3 N–H and O–H groups in total. The van der Waals surface area contributed by atoms with Crippen LogP contribution in [0.15, 0.2) is 72.1 Å². The maximum absolute atomic E-state index is 12.5. The van der Waals surface area contributed by atoms with Gasteiger partial charge in [-0.05, 0) is 60.2 Å². The number of rotatable bonds is 10. The van der Waals surface area contributed by atoms with Crippen molar-refractivity contribution in [1.29, 1.82) is 0 Å². The van der Waals surface area contributed by atoms with Gasteiger partial charge >= 0.3 is 5.97 Å². The van der Waals surface area contributed by atoms with Gasteiger partial charge in [-0.15, -0.1) is 0 Å². The summed E-state index contributed by atoms with van der Waals surface area (Å²) in [6.07, 6.45) is 7.77. The Morgan fingerprint density at radius 1 is 1.05 bits per heavy atom. The van der Waals surface area contributed by atoms with E-state index in [1.165, 1.54) is 18.3 Å². The molecule has 3 aromatic rings. The van der Waals surface area contributed by atoms with Crippen LogP contribution >= 0.6 is 0 Å². The zero-order chi connectivity index (χ0) is 26.1. The number of benzene rings is 1. The van der Waals surface area contributed by atoms with Crippen LogP contribution in [0.4, 0.5) is 11.6 Å². The van der Waals surface area contributed by atoms with E-state index in [0.717, 1.165) is 37.8 Å². The number of hydrogen-bond donors (Lipinski definition) is 3. The van der Waals surface area contributed by atoms with E-state index in [1.807, 2.05) is 12.1 Å². The number of hydrogen-bond acceptors (Lipinski definition) is 10. The molecule has 1 aliphatic rings. The van der Waals surface area contributed by atoms with E-state index in [0.29, 0.717) is 11.5 Å². The summed E-state index contributed by atoms with van der Waals surface area (Å²) in [6.45, 7) is 1.68. The molecule has 1 fully saturated rings. The smallest absolute Gasteiger partial charge is 0.327 e. The minimum Gasteiger partial charge on any atom is -0.369 e. The van der Waals surface area contributed by atoms with Gasteiger partial charge < -0.3 is 20.4 Å². The van der Waals surface area contributed by atoms with Gasteiger partial charge in [0.2, 0.25) is 5.95 Å². The van der Waals surface area contributed by atoms with Crippen molar-refractivity contribution in [2.24, 2.45) is 0 Å². The van der Waals surface area contributed by atoms with Crippen molar-refractivity contribution in [2.45, 2.75) is 30.2 Å². The van der Waals surface area contributed by atoms with Gasteiger partial charge in [0.1, 0.15) is 4.90 Å². The lowest BCUT2D eigenvalue weighted by Gasteiger charge is -2.34. The molecule has 12 nitrogen and oxygen atoms in total.